The molecule has 1 atom stereocenters. The Labute approximate surface area is 159 Å². The van der Waals surface area contributed by atoms with Crippen molar-refractivity contribution in [1.29, 1.82) is 0 Å². The van der Waals surface area contributed by atoms with Crippen molar-refractivity contribution >= 4 is 35.0 Å². The number of ether oxygens (including phenoxy) is 1. The minimum absolute atomic E-state index is 0.135. The number of carbonyl (C=O) groups is 3. The maximum atomic E-state index is 12.1. The molecule has 0 aliphatic carbocycles. The summed E-state index contributed by atoms with van der Waals surface area (Å²) >= 11 is 5.83. The van der Waals surface area contributed by atoms with Crippen molar-refractivity contribution in [2.45, 2.75) is 26.1 Å². The van der Waals surface area contributed by atoms with Gasteiger partial charge in [0.05, 0.1) is 20.2 Å². The van der Waals surface area contributed by atoms with Gasteiger partial charge in [-0.05, 0) is 37.1 Å². The van der Waals surface area contributed by atoms with Crippen LogP contribution in [0.15, 0.2) is 24.3 Å². The number of hydrogen-bond donors (Lipinski definition) is 2. The number of benzene rings is 1. The number of methoxy groups -OCH3 is 1. The summed E-state index contributed by atoms with van der Waals surface area (Å²) in [6, 6.07) is 6.83. The average Bonchev–Trinajstić information content (AvgIpc) is 2.59. The number of carbonyl (C=O) groups excluding carboxylic acids is 3. The monoisotopic (exact) mass is 383 g/mol. The first kappa shape index (κ1) is 21.8. The Kier molecular flexibility index (Phi) is 8.92. The maximum Gasteiger partial charge on any atom is 0.243 e. The van der Waals surface area contributed by atoms with Gasteiger partial charge in [0, 0.05) is 12.2 Å². The van der Waals surface area contributed by atoms with Crippen molar-refractivity contribution in [3.63, 3.8) is 0 Å². The normalized spacial score (nSPS) is 11.6. The number of amides is 3. The summed E-state index contributed by atoms with van der Waals surface area (Å²) in [5.41, 5.74) is 0.595. The lowest BCUT2D eigenvalue weighted by Crippen LogP contribution is -2.46. The van der Waals surface area contributed by atoms with Crippen molar-refractivity contribution in [3.05, 3.63) is 24.3 Å². The molecule has 0 aliphatic heterocycles. The molecule has 144 valence electrons. The van der Waals surface area contributed by atoms with Crippen LogP contribution in [0.4, 0.5) is 5.69 Å². The number of halogens is 1. The van der Waals surface area contributed by atoms with Gasteiger partial charge in [0.1, 0.15) is 11.1 Å². The molecular formula is C18H26ClN3O4. The fourth-order valence-electron chi connectivity index (χ4n) is 2.21. The van der Waals surface area contributed by atoms with E-state index in [1.165, 1.54) is 4.90 Å². The smallest absolute Gasteiger partial charge is 0.243 e. The van der Waals surface area contributed by atoms with E-state index < -0.39 is 11.3 Å². The van der Waals surface area contributed by atoms with Crippen molar-refractivity contribution in [1.82, 2.24) is 10.2 Å². The molecule has 0 unspecified atom stereocenters. The fourth-order valence-corrected chi connectivity index (χ4v) is 2.35. The van der Waals surface area contributed by atoms with E-state index >= 15 is 0 Å². The van der Waals surface area contributed by atoms with E-state index in [1.807, 2.05) is 13.8 Å². The minimum Gasteiger partial charge on any atom is -0.497 e. The van der Waals surface area contributed by atoms with Gasteiger partial charge < -0.3 is 20.3 Å². The van der Waals surface area contributed by atoms with Crippen LogP contribution in [0.25, 0.3) is 0 Å². The number of nitrogens with one attached hydrogen (secondary N) is 2. The van der Waals surface area contributed by atoms with Crippen LogP contribution >= 0.6 is 11.6 Å². The zero-order valence-electron chi connectivity index (χ0n) is 15.5. The molecule has 0 saturated heterocycles. The Hall–Kier alpha value is -2.28. The quantitative estimate of drug-likeness (QED) is 0.637. The van der Waals surface area contributed by atoms with Crippen LogP contribution in [-0.2, 0) is 14.4 Å². The van der Waals surface area contributed by atoms with Crippen LogP contribution in [0, 0.1) is 5.92 Å². The Morgan fingerprint density at radius 1 is 1.12 bits per heavy atom. The van der Waals surface area contributed by atoms with Gasteiger partial charge in [0.15, 0.2) is 0 Å². The topological polar surface area (TPSA) is 87.7 Å². The number of hydrogen-bond acceptors (Lipinski definition) is 4. The highest BCUT2D eigenvalue weighted by atomic mass is 35.5. The van der Waals surface area contributed by atoms with Crippen LogP contribution < -0.4 is 15.4 Å². The Bertz CT molecular complexity index is 617. The molecular weight excluding hydrogens is 358 g/mol. The van der Waals surface area contributed by atoms with Gasteiger partial charge in [-0.15, -0.1) is 11.6 Å². The van der Waals surface area contributed by atoms with E-state index in [1.54, 1.807) is 38.3 Å². The second kappa shape index (κ2) is 10.7. The van der Waals surface area contributed by atoms with E-state index in [4.69, 9.17) is 16.3 Å². The Balaban J connectivity index is 2.49. The van der Waals surface area contributed by atoms with Crippen LogP contribution in [0.1, 0.15) is 20.8 Å². The molecule has 0 aliphatic rings. The second-order valence-corrected chi connectivity index (χ2v) is 6.94. The first-order valence-electron chi connectivity index (χ1n) is 8.36. The van der Waals surface area contributed by atoms with Crippen molar-refractivity contribution in [2.24, 2.45) is 5.92 Å². The molecule has 26 heavy (non-hydrogen) atoms. The molecule has 0 radical (unpaired) electrons. The highest BCUT2D eigenvalue weighted by Crippen LogP contribution is 2.14. The van der Waals surface area contributed by atoms with Crippen LogP contribution in [0.2, 0.25) is 0 Å². The third kappa shape index (κ3) is 7.74. The van der Waals surface area contributed by atoms with Gasteiger partial charge in [-0.3, -0.25) is 14.4 Å². The molecule has 0 fully saturated rings. The zero-order chi connectivity index (χ0) is 19.7. The molecule has 0 aromatic heterocycles. The number of anilines is 1. The molecule has 1 aromatic rings. The van der Waals surface area contributed by atoms with Crippen LogP contribution in [0.3, 0.4) is 0 Å². The van der Waals surface area contributed by atoms with Gasteiger partial charge in [-0.1, -0.05) is 13.8 Å². The second-order valence-electron chi connectivity index (χ2n) is 6.28. The largest absolute Gasteiger partial charge is 0.497 e. The van der Waals surface area contributed by atoms with Gasteiger partial charge in [0.25, 0.3) is 0 Å². The molecule has 0 heterocycles. The predicted molar refractivity (Wildman–Crippen MR) is 101 cm³/mol. The van der Waals surface area contributed by atoms with Crippen LogP contribution in [-0.4, -0.2) is 54.7 Å². The third-order valence-corrected chi connectivity index (χ3v) is 3.58. The Morgan fingerprint density at radius 3 is 2.23 bits per heavy atom. The van der Waals surface area contributed by atoms with E-state index in [-0.39, 0.29) is 30.8 Å². The lowest BCUT2D eigenvalue weighted by atomic mass is 10.2. The number of nitrogens with zero attached hydrogens (tertiary/aromatic N) is 1. The molecule has 8 heteroatoms. The van der Waals surface area contributed by atoms with E-state index in [9.17, 15) is 14.4 Å². The molecule has 3 amide bonds. The van der Waals surface area contributed by atoms with E-state index in [0.717, 1.165) is 0 Å². The molecule has 2 N–H and O–H groups in total. The van der Waals surface area contributed by atoms with Gasteiger partial charge >= 0.3 is 0 Å². The van der Waals surface area contributed by atoms with Crippen molar-refractivity contribution in [3.8, 4) is 5.75 Å². The van der Waals surface area contributed by atoms with Gasteiger partial charge in [-0.2, -0.15) is 0 Å². The third-order valence-electron chi connectivity index (χ3n) is 3.39. The molecule has 7 nitrogen and oxygen atoms in total. The summed E-state index contributed by atoms with van der Waals surface area (Å²) < 4.78 is 5.04. The maximum absolute atomic E-state index is 12.1. The van der Waals surface area contributed by atoms with Crippen molar-refractivity contribution in [2.75, 3.05) is 32.1 Å². The van der Waals surface area contributed by atoms with E-state index in [0.29, 0.717) is 18.0 Å². The van der Waals surface area contributed by atoms with Crippen LogP contribution in [0.5, 0.6) is 5.75 Å². The molecule has 0 spiro atoms. The molecule has 1 rings (SSSR count). The summed E-state index contributed by atoms with van der Waals surface area (Å²) in [5.74, 6) is -0.212. The first-order valence-corrected chi connectivity index (χ1v) is 8.80. The Morgan fingerprint density at radius 2 is 1.73 bits per heavy atom. The molecule has 0 bridgehead atoms. The van der Waals surface area contributed by atoms with Gasteiger partial charge in [-0.25, -0.2) is 0 Å². The summed E-state index contributed by atoms with van der Waals surface area (Å²) in [6.45, 7) is 5.55. The molecule has 0 saturated carbocycles. The first-order chi connectivity index (χ1) is 12.2. The number of rotatable bonds is 9. The lowest BCUT2D eigenvalue weighted by Gasteiger charge is -2.25. The minimum atomic E-state index is -0.708. The fraction of sp³-hybridized carbons (Fsp3) is 0.500. The number of alkyl halides is 1. The summed E-state index contributed by atoms with van der Waals surface area (Å²) in [5, 5.41) is 4.47. The highest BCUT2D eigenvalue weighted by molar-refractivity contribution is 6.30. The predicted octanol–water partition coefficient (Wildman–Crippen LogP) is 1.86. The lowest BCUT2D eigenvalue weighted by molar-refractivity contribution is -0.136. The van der Waals surface area contributed by atoms with Crippen molar-refractivity contribution < 1.29 is 19.1 Å². The molecule has 1 aromatic carbocycles. The summed E-state index contributed by atoms with van der Waals surface area (Å²) in [7, 11) is 1.56. The average molecular weight is 384 g/mol. The standard InChI is InChI=1S/C18H26ClN3O4/c1-12(2)10-22(18(25)13(3)19)11-17(24)20-9-16(23)21-14-5-7-15(26-4)8-6-14/h5-8,12-13H,9-11H2,1-4H3,(H,20,24)(H,21,23)/t13-/m0/s1. The summed E-state index contributed by atoms with van der Waals surface area (Å²) in [6.07, 6.45) is 0. The highest BCUT2D eigenvalue weighted by Gasteiger charge is 2.22. The SMILES string of the molecule is COc1ccc(NC(=O)CNC(=O)CN(CC(C)C)C(=O)[C@H](C)Cl)cc1. The van der Waals surface area contributed by atoms with E-state index in [2.05, 4.69) is 10.6 Å². The summed E-state index contributed by atoms with van der Waals surface area (Å²) in [4.78, 5) is 37.4. The zero-order valence-corrected chi connectivity index (χ0v) is 16.3. The van der Waals surface area contributed by atoms with Gasteiger partial charge in [0.2, 0.25) is 17.7 Å².